The van der Waals surface area contributed by atoms with Gasteiger partial charge in [-0.3, -0.25) is 9.35 Å². The maximum atomic E-state index is 12.4. The summed E-state index contributed by atoms with van der Waals surface area (Å²) in [6.07, 6.45) is 1.38. The maximum absolute atomic E-state index is 12.4. The third-order valence-corrected chi connectivity index (χ3v) is 4.72. The summed E-state index contributed by atoms with van der Waals surface area (Å²) in [4.78, 5) is 13.9. The molecule has 0 radical (unpaired) electrons. The Kier molecular flexibility index (Phi) is 4.55. The third kappa shape index (κ3) is 3.58. The molecule has 0 unspecified atom stereocenters. The second kappa shape index (κ2) is 6.62. The lowest BCUT2D eigenvalue weighted by molar-refractivity contribution is -0.120. The van der Waals surface area contributed by atoms with Crippen molar-refractivity contribution in [3.63, 3.8) is 0 Å². The average molecular weight is 347 g/mol. The maximum Gasteiger partial charge on any atom is 0.294 e. The van der Waals surface area contributed by atoms with Gasteiger partial charge in [-0.1, -0.05) is 18.2 Å². The summed E-state index contributed by atoms with van der Waals surface area (Å²) in [5.74, 6) is 0.421. The van der Waals surface area contributed by atoms with E-state index < -0.39 is 10.1 Å². The molecule has 1 aliphatic heterocycles. The van der Waals surface area contributed by atoms with E-state index in [1.165, 1.54) is 12.1 Å². The van der Waals surface area contributed by atoms with Crippen molar-refractivity contribution < 1.29 is 22.5 Å². The molecule has 3 rings (SSSR count). The molecule has 6 nitrogen and oxygen atoms in total. The number of anilines is 1. The SMILES string of the molecule is O=C(COc1ccccc1)N1CCCc2cc(S(=O)(=O)O)ccc21. The van der Waals surface area contributed by atoms with Gasteiger partial charge in [0.2, 0.25) is 0 Å². The van der Waals surface area contributed by atoms with Crippen LogP contribution in [0.1, 0.15) is 12.0 Å². The normalized spacial score (nSPS) is 14.1. The largest absolute Gasteiger partial charge is 0.484 e. The third-order valence-electron chi connectivity index (χ3n) is 3.87. The minimum Gasteiger partial charge on any atom is -0.484 e. The van der Waals surface area contributed by atoms with Gasteiger partial charge in [0.1, 0.15) is 5.75 Å². The van der Waals surface area contributed by atoms with Gasteiger partial charge in [-0.25, -0.2) is 0 Å². The van der Waals surface area contributed by atoms with E-state index in [1.807, 2.05) is 18.2 Å². The fraction of sp³-hybridized carbons (Fsp3) is 0.235. The van der Waals surface area contributed by atoms with Gasteiger partial charge in [-0.2, -0.15) is 8.42 Å². The highest BCUT2D eigenvalue weighted by Crippen LogP contribution is 2.29. The van der Waals surface area contributed by atoms with Gasteiger partial charge >= 0.3 is 0 Å². The molecule has 0 bridgehead atoms. The molecule has 2 aromatic carbocycles. The molecule has 0 atom stereocenters. The molecule has 0 fully saturated rings. The van der Waals surface area contributed by atoms with Gasteiger partial charge in [-0.05, 0) is 48.7 Å². The summed E-state index contributed by atoms with van der Waals surface area (Å²) in [6, 6.07) is 13.3. The summed E-state index contributed by atoms with van der Waals surface area (Å²) in [7, 11) is -4.25. The molecule has 0 saturated carbocycles. The quantitative estimate of drug-likeness (QED) is 0.858. The molecule has 0 spiro atoms. The lowest BCUT2D eigenvalue weighted by atomic mass is 10.0. The molecule has 1 aliphatic rings. The van der Waals surface area contributed by atoms with Crippen LogP contribution in [0.25, 0.3) is 0 Å². The Bertz CT molecular complexity index is 849. The van der Waals surface area contributed by atoms with Crippen LogP contribution in [0.5, 0.6) is 5.75 Å². The molecule has 24 heavy (non-hydrogen) atoms. The van der Waals surface area contributed by atoms with E-state index in [2.05, 4.69) is 0 Å². The van der Waals surface area contributed by atoms with E-state index in [1.54, 1.807) is 23.1 Å². The number of rotatable bonds is 4. The summed E-state index contributed by atoms with van der Waals surface area (Å²) < 4.78 is 37.1. The number of hydrogen-bond acceptors (Lipinski definition) is 4. The molecule has 2 aromatic rings. The molecule has 0 aliphatic carbocycles. The van der Waals surface area contributed by atoms with E-state index in [0.29, 0.717) is 24.4 Å². The highest BCUT2D eigenvalue weighted by atomic mass is 32.2. The molecule has 0 aromatic heterocycles. The minimum absolute atomic E-state index is 0.0937. The first-order chi connectivity index (χ1) is 11.4. The zero-order valence-corrected chi connectivity index (χ0v) is 13.7. The molecule has 1 amide bonds. The zero-order valence-electron chi connectivity index (χ0n) is 12.9. The Hall–Kier alpha value is -2.38. The van der Waals surface area contributed by atoms with Crippen molar-refractivity contribution >= 4 is 21.7 Å². The van der Waals surface area contributed by atoms with Crippen molar-refractivity contribution in [2.45, 2.75) is 17.7 Å². The minimum atomic E-state index is -4.25. The first kappa shape index (κ1) is 16.5. The summed E-state index contributed by atoms with van der Waals surface area (Å²) in [5.41, 5.74) is 1.39. The number of ether oxygens (including phenoxy) is 1. The van der Waals surface area contributed by atoms with E-state index in [-0.39, 0.29) is 17.4 Å². The average Bonchev–Trinajstić information content (AvgIpc) is 2.58. The van der Waals surface area contributed by atoms with Crippen LogP contribution in [0, 0.1) is 0 Å². The predicted octanol–water partition coefficient (Wildman–Crippen LogP) is 2.29. The highest BCUT2D eigenvalue weighted by Gasteiger charge is 2.24. The second-order valence-corrected chi connectivity index (χ2v) is 6.94. The van der Waals surface area contributed by atoms with E-state index >= 15 is 0 Å². The van der Waals surface area contributed by atoms with Crippen LogP contribution in [0.2, 0.25) is 0 Å². The Balaban J connectivity index is 1.78. The summed E-state index contributed by atoms with van der Waals surface area (Å²) >= 11 is 0. The van der Waals surface area contributed by atoms with Crippen molar-refractivity contribution in [3.8, 4) is 5.75 Å². The molecule has 1 N–H and O–H groups in total. The van der Waals surface area contributed by atoms with E-state index in [4.69, 9.17) is 9.29 Å². The Labute approximate surface area is 140 Å². The van der Waals surface area contributed by atoms with Gasteiger partial charge in [0.25, 0.3) is 16.0 Å². The van der Waals surface area contributed by atoms with Crippen LogP contribution in [0.4, 0.5) is 5.69 Å². The zero-order chi connectivity index (χ0) is 17.2. The molecular formula is C17H17NO5S. The van der Waals surface area contributed by atoms with Crippen LogP contribution in [-0.4, -0.2) is 32.0 Å². The number of para-hydroxylation sites is 1. The van der Waals surface area contributed by atoms with Crippen LogP contribution >= 0.6 is 0 Å². The van der Waals surface area contributed by atoms with Crippen molar-refractivity contribution in [1.29, 1.82) is 0 Å². The first-order valence-electron chi connectivity index (χ1n) is 7.54. The van der Waals surface area contributed by atoms with E-state index in [0.717, 1.165) is 12.0 Å². The van der Waals surface area contributed by atoms with Crippen molar-refractivity contribution in [1.82, 2.24) is 0 Å². The van der Waals surface area contributed by atoms with E-state index in [9.17, 15) is 13.2 Å². The predicted molar refractivity (Wildman–Crippen MR) is 88.9 cm³/mol. The monoisotopic (exact) mass is 347 g/mol. The van der Waals surface area contributed by atoms with Crippen LogP contribution in [0.3, 0.4) is 0 Å². The first-order valence-corrected chi connectivity index (χ1v) is 8.98. The number of carbonyl (C=O) groups is 1. The summed E-state index contributed by atoms with van der Waals surface area (Å²) in [5, 5.41) is 0. The van der Waals surface area contributed by atoms with Crippen molar-refractivity contribution in [2.75, 3.05) is 18.1 Å². The van der Waals surface area contributed by atoms with Crippen LogP contribution in [-0.2, 0) is 21.3 Å². The Morgan fingerprint density at radius 2 is 1.92 bits per heavy atom. The smallest absolute Gasteiger partial charge is 0.294 e. The summed E-state index contributed by atoms with van der Waals surface area (Å²) in [6.45, 7) is 0.457. The van der Waals surface area contributed by atoms with Crippen molar-refractivity contribution in [3.05, 3.63) is 54.1 Å². The Morgan fingerprint density at radius 1 is 1.17 bits per heavy atom. The van der Waals surface area contributed by atoms with Gasteiger partial charge in [-0.15, -0.1) is 0 Å². The highest BCUT2D eigenvalue weighted by molar-refractivity contribution is 7.85. The topological polar surface area (TPSA) is 83.9 Å². The number of fused-ring (bicyclic) bond motifs is 1. The molecule has 7 heteroatoms. The number of nitrogens with zero attached hydrogens (tertiary/aromatic N) is 1. The lowest BCUT2D eigenvalue weighted by Gasteiger charge is -2.29. The van der Waals surface area contributed by atoms with Crippen LogP contribution < -0.4 is 9.64 Å². The van der Waals surface area contributed by atoms with Crippen molar-refractivity contribution in [2.24, 2.45) is 0 Å². The second-order valence-electron chi connectivity index (χ2n) is 5.52. The number of amides is 1. The number of aryl methyl sites for hydroxylation is 1. The molecule has 1 heterocycles. The molecule has 126 valence electrons. The number of hydrogen-bond donors (Lipinski definition) is 1. The lowest BCUT2D eigenvalue weighted by Crippen LogP contribution is -2.38. The number of carbonyl (C=O) groups excluding carboxylic acids is 1. The fourth-order valence-electron chi connectivity index (χ4n) is 2.73. The fourth-order valence-corrected chi connectivity index (χ4v) is 3.26. The number of benzene rings is 2. The molecule has 0 saturated heterocycles. The van der Waals surface area contributed by atoms with Gasteiger partial charge < -0.3 is 9.64 Å². The molecular weight excluding hydrogens is 330 g/mol. The van der Waals surface area contributed by atoms with Gasteiger partial charge in [0, 0.05) is 12.2 Å². The Morgan fingerprint density at radius 3 is 2.62 bits per heavy atom. The van der Waals surface area contributed by atoms with Gasteiger partial charge in [0.15, 0.2) is 6.61 Å². The van der Waals surface area contributed by atoms with Gasteiger partial charge in [0.05, 0.1) is 4.90 Å². The van der Waals surface area contributed by atoms with Crippen LogP contribution in [0.15, 0.2) is 53.4 Å². The standard InChI is InChI=1S/C17H17NO5S/c19-17(12-23-14-6-2-1-3-7-14)18-10-4-5-13-11-15(24(20,21)22)8-9-16(13)18/h1-3,6-9,11H,4-5,10,12H2,(H,20,21,22).